The van der Waals surface area contributed by atoms with Crippen molar-refractivity contribution in [3.63, 3.8) is 0 Å². The molecule has 0 saturated carbocycles. The largest absolute Gasteiger partial charge is 0.419 e. The van der Waals surface area contributed by atoms with Gasteiger partial charge in [0.05, 0.1) is 11.1 Å². The number of carbonyl (C=O) groups excluding carboxylic acids is 2. The van der Waals surface area contributed by atoms with E-state index in [0.717, 1.165) is 0 Å². The van der Waals surface area contributed by atoms with Crippen LogP contribution in [-0.2, 0) is 6.18 Å². The predicted molar refractivity (Wildman–Crippen MR) is 45.3 cm³/mol. The molecule has 0 radical (unpaired) electrons. The summed E-state index contributed by atoms with van der Waals surface area (Å²) in [7, 11) is 0. The number of rotatable bonds is 2. The maximum atomic E-state index is 13.1. The van der Waals surface area contributed by atoms with Crippen LogP contribution in [0.4, 0.5) is 17.6 Å². The normalized spacial score (nSPS) is 11.2. The highest BCUT2D eigenvalue weighted by atomic mass is 19.4. The maximum Gasteiger partial charge on any atom is 0.419 e. The summed E-state index contributed by atoms with van der Waals surface area (Å²) in [5, 5.41) is 0. The van der Waals surface area contributed by atoms with Crippen LogP contribution in [0, 0.1) is 5.82 Å². The SMILES string of the molecule is NC(=O)c1cc(C=O)c(F)c(C(F)(F)F)c1. The van der Waals surface area contributed by atoms with Crippen molar-refractivity contribution in [2.45, 2.75) is 6.18 Å². The summed E-state index contributed by atoms with van der Waals surface area (Å²) in [6, 6.07) is 0.935. The highest BCUT2D eigenvalue weighted by molar-refractivity contribution is 5.95. The number of primary amides is 1. The summed E-state index contributed by atoms with van der Waals surface area (Å²) < 4.78 is 50.0. The number of hydrogen-bond donors (Lipinski definition) is 1. The maximum absolute atomic E-state index is 13.1. The Kier molecular flexibility index (Phi) is 2.97. The first-order valence-corrected chi connectivity index (χ1v) is 3.93. The van der Waals surface area contributed by atoms with E-state index < -0.39 is 34.6 Å². The molecule has 0 aromatic heterocycles. The molecule has 0 aliphatic rings. The molecule has 1 aromatic rings. The summed E-state index contributed by atoms with van der Waals surface area (Å²) in [5.41, 5.74) is 1.63. The zero-order valence-electron chi connectivity index (χ0n) is 7.64. The third-order valence-electron chi connectivity index (χ3n) is 1.82. The molecule has 2 N–H and O–H groups in total. The van der Waals surface area contributed by atoms with E-state index in [1.807, 2.05) is 0 Å². The molecule has 0 atom stereocenters. The third kappa shape index (κ3) is 2.18. The van der Waals surface area contributed by atoms with Gasteiger partial charge >= 0.3 is 6.18 Å². The van der Waals surface area contributed by atoms with Gasteiger partial charge in [0, 0.05) is 5.56 Å². The molecule has 0 heterocycles. The molecule has 3 nitrogen and oxygen atoms in total. The van der Waals surface area contributed by atoms with Crippen LogP contribution >= 0.6 is 0 Å². The highest BCUT2D eigenvalue weighted by Crippen LogP contribution is 2.33. The standard InChI is InChI=1S/C9H5F4NO2/c10-7-5(3-15)1-4(8(14)16)2-6(7)9(11,12)13/h1-3H,(H2,14,16). The van der Waals surface area contributed by atoms with Gasteiger partial charge in [-0.1, -0.05) is 0 Å². The van der Waals surface area contributed by atoms with Gasteiger partial charge in [-0.25, -0.2) is 4.39 Å². The van der Waals surface area contributed by atoms with E-state index >= 15 is 0 Å². The summed E-state index contributed by atoms with van der Waals surface area (Å²) in [4.78, 5) is 21.0. The Morgan fingerprint density at radius 2 is 1.88 bits per heavy atom. The van der Waals surface area contributed by atoms with E-state index in [0.29, 0.717) is 6.07 Å². The molecule has 16 heavy (non-hydrogen) atoms. The van der Waals surface area contributed by atoms with Crippen LogP contribution in [-0.4, -0.2) is 12.2 Å². The lowest BCUT2D eigenvalue weighted by molar-refractivity contribution is -0.140. The Morgan fingerprint density at radius 1 is 1.31 bits per heavy atom. The monoisotopic (exact) mass is 235 g/mol. The van der Waals surface area contributed by atoms with Gasteiger partial charge in [-0.15, -0.1) is 0 Å². The van der Waals surface area contributed by atoms with E-state index in [2.05, 4.69) is 0 Å². The van der Waals surface area contributed by atoms with Crippen molar-refractivity contribution >= 4 is 12.2 Å². The van der Waals surface area contributed by atoms with Crippen LogP contribution in [0.5, 0.6) is 0 Å². The number of halogens is 4. The van der Waals surface area contributed by atoms with Crippen molar-refractivity contribution in [2.75, 3.05) is 0 Å². The molecule has 1 aromatic carbocycles. The van der Waals surface area contributed by atoms with E-state index in [4.69, 9.17) is 5.73 Å². The van der Waals surface area contributed by atoms with E-state index in [1.54, 1.807) is 0 Å². The number of nitrogens with two attached hydrogens (primary N) is 1. The molecule has 1 amide bonds. The van der Waals surface area contributed by atoms with Crippen LogP contribution in [0.2, 0.25) is 0 Å². The molecule has 7 heteroatoms. The Hall–Kier alpha value is -1.92. The van der Waals surface area contributed by atoms with Gasteiger partial charge in [-0.2, -0.15) is 13.2 Å². The van der Waals surface area contributed by atoms with Crippen molar-refractivity contribution in [2.24, 2.45) is 5.73 Å². The topological polar surface area (TPSA) is 60.2 Å². The van der Waals surface area contributed by atoms with Crippen molar-refractivity contribution in [1.82, 2.24) is 0 Å². The molecule has 0 bridgehead atoms. The molecular formula is C9H5F4NO2. The highest BCUT2D eigenvalue weighted by Gasteiger charge is 2.36. The predicted octanol–water partition coefficient (Wildman–Crippen LogP) is 1.76. The molecular weight excluding hydrogens is 230 g/mol. The zero-order chi connectivity index (χ0) is 12.5. The first kappa shape index (κ1) is 12.2. The van der Waals surface area contributed by atoms with Crippen molar-refractivity contribution in [3.8, 4) is 0 Å². The van der Waals surface area contributed by atoms with Gasteiger partial charge in [0.1, 0.15) is 5.82 Å². The van der Waals surface area contributed by atoms with Crippen LogP contribution in [0.1, 0.15) is 26.3 Å². The van der Waals surface area contributed by atoms with Gasteiger partial charge in [-0.3, -0.25) is 9.59 Å². The average Bonchev–Trinajstić information content (AvgIpc) is 2.15. The summed E-state index contributed by atoms with van der Waals surface area (Å²) >= 11 is 0. The van der Waals surface area contributed by atoms with Crippen LogP contribution in [0.3, 0.4) is 0 Å². The van der Waals surface area contributed by atoms with Crippen molar-refractivity contribution in [1.29, 1.82) is 0 Å². The van der Waals surface area contributed by atoms with E-state index in [1.165, 1.54) is 0 Å². The average molecular weight is 235 g/mol. The number of alkyl halides is 3. The van der Waals surface area contributed by atoms with E-state index in [-0.39, 0.29) is 12.4 Å². The Labute approximate surface area is 86.9 Å². The Bertz CT molecular complexity index is 454. The second kappa shape index (κ2) is 3.92. The first-order chi connectivity index (χ1) is 7.27. The quantitative estimate of drug-likeness (QED) is 0.627. The first-order valence-electron chi connectivity index (χ1n) is 3.93. The van der Waals surface area contributed by atoms with Gasteiger partial charge in [0.25, 0.3) is 0 Å². The minimum atomic E-state index is -4.99. The lowest BCUT2D eigenvalue weighted by atomic mass is 10.0. The van der Waals surface area contributed by atoms with Gasteiger partial charge in [0.15, 0.2) is 6.29 Å². The van der Waals surface area contributed by atoms with Crippen LogP contribution in [0.25, 0.3) is 0 Å². The van der Waals surface area contributed by atoms with Crippen LogP contribution < -0.4 is 5.73 Å². The third-order valence-corrected chi connectivity index (χ3v) is 1.82. The Morgan fingerprint density at radius 3 is 2.25 bits per heavy atom. The summed E-state index contributed by atoms with van der Waals surface area (Å²) in [6.07, 6.45) is -5.11. The smallest absolute Gasteiger partial charge is 0.366 e. The number of hydrogen-bond acceptors (Lipinski definition) is 2. The molecule has 0 fully saturated rings. The summed E-state index contributed by atoms with van der Waals surface area (Å²) in [6.45, 7) is 0. The van der Waals surface area contributed by atoms with Gasteiger partial charge < -0.3 is 5.73 Å². The number of benzene rings is 1. The molecule has 1 rings (SSSR count). The minimum absolute atomic E-state index is 0.114. The Balaban J connectivity index is 3.54. The molecule has 0 aliphatic heterocycles. The fraction of sp³-hybridized carbons (Fsp3) is 0.111. The second-order valence-corrected chi connectivity index (χ2v) is 2.91. The fourth-order valence-corrected chi connectivity index (χ4v) is 1.08. The zero-order valence-corrected chi connectivity index (χ0v) is 7.64. The molecule has 0 saturated heterocycles. The fourth-order valence-electron chi connectivity index (χ4n) is 1.08. The van der Waals surface area contributed by atoms with Gasteiger partial charge in [-0.05, 0) is 12.1 Å². The number of aldehydes is 1. The molecule has 86 valence electrons. The lowest BCUT2D eigenvalue weighted by Gasteiger charge is -2.10. The summed E-state index contributed by atoms with van der Waals surface area (Å²) in [5.74, 6) is -2.89. The molecule has 0 spiro atoms. The molecule has 0 aliphatic carbocycles. The van der Waals surface area contributed by atoms with Crippen molar-refractivity contribution < 1.29 is 27.2 Å². The second-order valence-electron chi connectivity index (χ2n) is 2.91. The minimum Gasteiger partial charge on any atom is -0.366 e. The van der Waals surface area contributed by atoms with E-state index in [9.17, 15) is 27.2 Å². The van der Waals surface area contributed by atoms with Crippen LogP contribution in [0.15, 0.2) is 12.1 Å². The number of amides is 1. The number of carbonyl (C=O) groups is 2. The van der Waals surface area contributed by atoms with Gasteiger partial charge in [0.2, 0.25) is 5.91 Å². The molecule has 0 unspecified atom stereocenters. The lowest BCUT2D eigenvalue weighted by Crippen LogP contribution is -2.16. The van der Waals surface area contributed by atoms with Crippen molar-refractivity contribution in [3.05, 3.63) is 34.6 Å².